The van der Waals surface area contributed by atoms with Crippen molar-refractivity contribution in [2.45, 2.75) is 30.9 Å². The Hall–Kier alpha value is -6.23. The van der Waals surface area contributed by atoms with Gasteiger partial charge in [0.2, 0.25) is 12.5 Å². The van der Waals surface area contributed by atoms with Crippen LogP contribution < -0.4 is 25.0 Å². The number of pyridine rings is 1. The van der Waals surface area contributed by atoms with Crippen LogP contribution in [0.2, 0.25) is 0 Å². The van der Waals surface area contributed by atoms with Gasteiger partial charge < -0.3 is 40.4 Å². The van der Waals surface area contributed by atoms with Crippen LogP contribution in [0.15, 0.2) is 89.9 Å². The highest BCUT2D eigenvalue weighted by Crippen LogP contribution is 2.41. The number of nitrogens with one attached hydrogen (secondary N) is 2. The molecule has 1 aromatic heterocycles. The van der Waals surface area contributed by atoms with Crippen LogP contribution in [0, 0.1) is 5.82 Å². The van der Waals surface area contributed by atoms with E-state index in [0.717, 1.165) is 22.6 Å². The van der Waals surface area contributed by atoms with Gasteiger partial charge in [0, 0.05) is 48.3 Å². The number of carbonyl (C=O) groups excluding carboxylic acids is 5. The van der Waals surface area contributed by atoms with Crippen molar-refractivity contribution in [1.29, 1.82) is 0 Å². The number of carboxylic acids is 2. The maximum Gasteiger partial charge on any atom is 0.335 e. The van der Waals surface area contributed by atoms with Crippen molar-refractivity contribution in [1.82, 2.24) is 15.1 Å². The van der Waals surface area contributed by atoms with Gasteiger partial charge in [-0.1, -0.05) is 0 Å². The smallest absolute Gasteiger partial charge is 0.335 e. The van der Waals surface area contributed by atoms with Gasteiger partial charge in [-0.25, -0.2) is 9.18 Å². The van der Waals surface area contributed by atoms with Gasteiger partial charge in [0.25, 0.3) is 17.7 Å². The number of hydrogen-bond acceptors (Lipinski definition) is 10. The minimum atomic E-state index is -1.59. The molecule has 0 spiro atoms. The first kappa shape index (κ1) is 35.6. The van der Waals surface area contributed by atoms with Crippen LogP contribution in [0.1, 0.15) is 22.3 Å². The minimum absolute atomic E-state index is 0.0461. The van der Waals surface area contributed by atoms with Crippen molar-refractivity contribution in [2.24, 2.45) is 0 Å². The van der Waals surface area contributed by atoms with Crippen LogP contribution >= 0.6 is 11.8 Å². The van der Waals surface area contributed by atoms with Crippen LogP contribution in [0.25, 0.3) is 0 Å². The molecule has 6 rings (SSSR count). The number of benzene rings is 2. The highest BCUT2D eigenvalue weighted by atomic mass is 32.2. The summed E-state index contributed by atoms with van der Waals surface area (Å²) in [6.45, 7) is 0.0960. The van der Waals surface area contributed by atoms with Gasteiger partial charge in [0.15, 0.2) is 30.6 Å². The first-order valence-electron chi connectivity index (χ1n) is 15.8. The normalized spacial score (nSPS) is 18.9. The molecule has 4 N–H and O–H groups in total. The van der Waals surface area contributed by atoms with Gasteiger partial charge in [0.05, 0.1) is 17.2 Å². The molecule has 15 nitrogen and oxygen atoms in total. The van der Waals surface area contributed by atoms with Crippen molar-refractivity contribution in [2.75, 3.05) is 24.2 Å². The molecule has 2 fully saturated rings. The second-order valence-electron chi connectivity index (χ2n) is 12.0. The van der Waals surface area contributed by atoms with Gasteiger partial charge in [-0.05, 0) is 60.0 Å². The Kier molecular flexibility index (Phi) is 10.2. The summed E-state index contributed by atoms with van der Waals surface area (Å²) in [5.41, 5.74) is 1.27. The predicted octanol–water partition coefficient (Wildman–Crippen LogP) is 0.297. The number of aromatic carboxylic acids is 1. The molecule has 0 radical (unpaired) electrons. The maximum absolute atomic E-state index is 13.6. The number of nitrogens with zero attached hydrogens (tertiary/aromatic N) is 3. The number of phenols is 1. The first-order chi connectivity index (χ1) is 24.9. The lowest BCUT2D eigenvalue weighted by atomic mass is 10.0. The molecular weight excluding hydrogens is 701 g/mol. The third kappa shape index (κ3) is 7.73. The molecule has 3 aromatic rings. The van der Waals surface area contributed by atoms with Crippen LogP contribution in [0.3, 0.4) is 0 Å². The third-order valence-corrected chi connectivity index (χ3v) is 9.73. The molecule has 4 amide bonds. The zero-order chi connectivity index (χ0) is 37.1. The number of carbonyl (C=O) groups is 6. The molecule has 4 heterocycles. The number of amides is 4. The lowest BCUT2D eigenvalue weighted by molar-refractivity contribution is -0.684. The number of hydrogen-bond donors (Lipinski definition) is 4. The second-order valence-corrected chi connectivity index (χ2v) is 13.1. The summed E-state index contributed by atoms with van der Waals surface area (Å²) in [7, 11) is 0. The molecule has 0 bridgehead atoms. The highest BCUT2D eigenvalue weighted by molar-refractivity contribution is 8.00. The van der Waals surface area contributed by atoms with E-state index in [9.17, 15) is 43.4 Å². The number of allylic oxidation sites excluding steroid dienone is 1. The number of ether oxygens (including phenoxy) is 1. The lowest BCUT2D eigenvalue weighted by Crippen LogP contribution is -2.71. The molecule has 3 aliphatic rings. The van der Waals surface area contributed by atoms with E-state index in [0.29, 0.717) is 18.5 Å². The van der Waals surface area contributed by atoms with Crippen LogP contribution in [0.5, 0.6) is 11.5 Å². The van der Waals surface area contributed by atoms with E-state index < -0.39 is 59.2 Å². The van der Waals surface area contributed by atoms with Crippen molar-refractivity contribution >= 4 is 53.0 Å². The monoisotopic (exact) mass is 731 g/mol. The Bertz CT molecular complexity index is 2040. The number of aliphatic carboxylic acids is 1. The average molecular weight is 732 g/mol. The molecule has 0 saturated carbocycles. The zero-order valence-corrected chi connectivity index (χ0v) is 27.9. The number of carboxylic acid groups (broad SMARTS) is 2. The third-order valence-electron chi connectivity index (χ3n) is 8.43. The molecule has 2 atom stereocenters. The molecule has 17 heteroatoms. The molecule has 2 saturated heterocycles. The minimum Gasteiger partial charge on any atom is -0.543 e. The molecule has 2 aromatic carbocycles. The summed E-state index contributed by atoms with van der Waals surface area (Å²) in [6.07, 6.45) is 5.14. The predicted molar refractivity (Wildman–Crippen MR) is 177 cm³/mol. The summed E-state index contributed by atoms with van der Waals surface area (Å²) in [5, 5.41) is 34.9. The molecule has 0 aliphatic carbocycles. The quantitative estimate of drug-likeness (QED) is 0.0862. The summed E-state index contributed by atoms with van der Waals surface area (Å²) in [5.74, 6) is -5.70. The van der Waals surface area contributed by atoms with Gasteiger partial charge in [0.1, 0.15) is 17.2 Å². The number of β-lactam (4-membered cyclic amide) rings is 1. The second kappa shape index (κ2) is 14.9. The van der Waals surface area contributed by atoms with Gasteiger partial charge >= 0.3 is 5.97 Å². The number of phenolic OH excluding ortho intramolecular Hbond substituents is 1. The van der Waals surface area contributed by atoms with Crippen molar-refractivity contribution in [3.05, 3.63) is 107 Å². The number of halogens is 1. The van der Waals surface area contributed by atoms with E-state index in [2.05, 4.69) is 10.6 Å². The van der Waals surface area contributed by atoms with Crippen molar-refractivity contribution in [3.63, 3.8) is 0 Å². The van der Waals surface area contributed by atoms with Crippen LogP contribution in [-0.4, -0.2) is 85.9 Å². The number of anilines is 1. The molecule has 3 aliphatic heterocycles. The number of thioether (sulfide) groups is 1. The zero-order valence-electron chi connectivity index (χ0n) is 27.1. The molecule has 52 heavy (non-hydrogen) atoms. The summed E-state index contributed by atoms with van der Waals surface area (Å²) in [6, 6.07) is 11.4. The fourth-order valence-corrected chi connectivity index (χ4v) is 7.14. The van der Waals surface area contributed by atoms with E-state index in [1.54, 1.807) is 34.0 Å². The van der Waals surface area contributed by atoms with Crippen LogP contribution in [-0.2, 0) is 37.1 Å². The lowest BCUT2D eigenvalue weighted by Gasteiger charge is -2.50. The Morgan fingerprint density at radius 3 is 2.46 bits per heavy atom. The number of aromatic nitrogens is 1. The Morgan fingerprint density at radius 2 is 1.79 bits per heavy atom. The SMILES string of the molecule is O=C(C[n+]1ccc(CN2CC/C(=C\C3=C(C(=O)[O-])N4C(=O)[C@@H](NC(=O)COc5ccc(C(=O)O)cc5)[C@H]4SC3)C2=O)cc1)Nc1ccc(O)c(F)c1. The van der Waals surface area contributed by atoms with E-state index in [4.69, 9.17) is 9.84 Å². The van der Waals surface area contributed by atoms with E-state index in [-0.39, 0.29) is 53.0 Å². The largest absolute Gasteiger partial charge is 0.543 e. The fourth-order valence-electron chi connectivity index (χ4n) is 5.83. The fraction of sp³-hybridized carbons (Fsp3) is 0.229. The highest BCUT2D eigenvalue weighted by Gasteiger charge is 2.52. The van der Waals surface area contributed by atoms with E-state index in [1.807, 2.05) is 0 Å². The Morgan fingerprint density at radius 1 is 1.06 bits per heavy atom. The van der Waals surface area contributed by atoms with E-state index >= 15 is 0 Å². The summed E-state index contributed by atoms with van der Waals surface area (Å²) < 4.78 is 20.5. The molecule has 0 unspecified atom stereocenters. The summed E-state index contributed by atoms with van der Waals surface area (Å²) >= 11 is 1.23. The molecule has 268 valence electrons. The van der Waals surface area contributed by atoms with Crippen molar-refractivity contribution in [3.8, 4) is 11.5 Å². The number of fused-ring (bicyclic) bond motifs is 1. The number of aromatic hydroxyl groups is 1. The number of likely N-dealkylation sites (tertiary alicyclic amines) is 1. The van der Waals surface area contributed by atoms with Crippen LogP contribution in [0.4, 0.5) is 10.1 Å². The maximum atomic E-state index is 13.6. The average Bonchev–Trinajstić information content (AvgIpc) is 3.45. The molecular formula is C35H30FN5O10S. The summed E-state index contributed by atoms with van der Waals surface area (Å²) in [4.78, 5) is 77.1. The first-order valence-corrected chi connectivity index (χ1v) is 16.8. The van der Waals surface area contributed by atoms with Crippen molar-refractivity contribution < 1.29 is 57.8 Å². The Labute approximate surface area is 299 Å². The Balaban J connectivity index is 1.03. The van der Waals surface area contributed by atoms with Gasteiger partial charge in [-0.2, -0.15) is 4.57 Å². The topological polar surface area (TPSA) is 210 Å². The van der Waals surface area contributed by atoms with E-state index in [1.165, 1.54) is 48.2 Å². The number of rotatable bonds is 12. The standard InChI is InChI=1S/C35H30FN5O10S/c36-25-14-23(3-6-26(25)42)37-27(43)16-39-10-7-19(8-11-39)15-40-12-9-21(31(40)45)13-22-18-52-33-29(32(46)41(33)30(22)35(49)50)38-28(44)17-51-24-4-1-20(2-5-24)34(47)48/h1-8,10-11,13-14,29,33H,9,12,15-18H2,(H4-,37,38,42,43,44,47,48,49,50)/b21-13+/t29-,33-/m1/s1. The van der Waals surface area contributed by atoms with Gasteiger partial charge in [-0.3, -0.25) is 24.1 Å². The van der Waals surface area contributed by atoms with Gasteiger partial charge in [-0.15, -0.1) is 11.8 Å².